The number of aromatic hydroxyl groups is 2. The van der Waals surface area contributed by atoms with Crippen molar-refractivity contribution in [1.82, 2.24) is 4.90 Å². The van der Waals surface area contributed by atoms with Crippen molar-refractivity contribution in [1.29, 1.82) is 0 Å². The number of hydrogen-bond donors (Lipinski definition) is 3. The van der Waals surface area contributed by atoms with Gasteiger partial charge < -0.3 is 15.9 Å². The summed E-state index contributed by atoms with van der Waals surface area (Å²) in [4.78, 5) is 2.21. The van der Waals surface area contributed by atoms with E-state index in [9.17, 15) is 10.2 Å². The SMILES string of the molecule is CCN(CCN)C(C)c1ccc(O)c(O)c1. The van der Waals surface area contributed by atoms with Crippen LogP contribution in [0.15, 0.2) is 18.2 Å². The van der Waals surface area contributed by atoms with Crippen LogP contribution in [0.1, 0.15) is 25.5 Å². The lowest BCUT2D eigenvalue weighted by Crippen LogP contribution is -2.31. The third-order valence-electron chi connectivity index (χ3n) is 2.85. The molecule has 0 aliphatic carbocycles. The number of phenolic OH excluding ortho intramolecular Hbond substituents is 2. The summed E-state index contributed by atoms with van der Waals surface area (Å²) in [5.41, 5.74) is 6.52. The fraction of sp³-hybridized carbons (Fsp3) is 0.500. The van der Waals surface area contributed by atoms with Crippen molar-refractivity contribution in [2.75, 3.05) is 19.6 Å². The number of nitrogens with zero attached hydrogens (tertiary/aromatic N) is 1. The van der Waals surface area contributed by atoms with E-state index in [1.165, 1.54) is 6.07 Å². The fourth-order valence-corrected chi connectivity index (χ4v) is 1.80. The summed E-state index contributed by atoms with van der Waals surface area (Å²) in [7, 11) is 0. The number of nitrogens with two attached hydrogens (primary N) is 1. The molecule has 1 aromatic rings. The Morgan fingerprint density at radius 1 is 1.31 bits per heavy atom. The molecular formula is C12H20N2O2. The Kier molecular flexibility index (Phi) is 4.58. The van der Waals surface area contributed by atoms with Crippen LogP contribution in [0.4, 0.5) is 0 Å². The van der Waals surface area contributed by atoms with Crippen molar-refractivity contribution < 1.29 is 10.2 Å². The van der Waals surface area contributed by atoms with Gasteiger partial charge in [-0.05, 0) is 31.2 Å². The summed E-state index contributed by atoms with van der Waals surface area (Å²) in [6.45, 7) is 6.47. The second-order valence-electron chi connectivity index (χ2n) is 3.84. The van der Waals surface area contributed by atoms with Crippen LogP contribution in [0.2, 0.25) is 0 Å². The Hall–Kier alpha value is -1.26. The van der Waals surface area contributed by atoms with Gasteiger partial charge in [-0.3, -0.25) is 4.90 Å². The fourth-order valence-electron chi connectivity index (χ4n) is 1.80. The van der Waals surface area contributed by atoms with Crippen molar-refractivity contribution in [3.8, 4) is 11.5 Å². The lowest BCUT2D eigenvalue weighted by atomic mass is 10.1. The molecule has 1 unspecified atom stereocenters. The molecule has 0 bridgehead atoms. The maximum absolute atomic E-state index is 9.44. The molecule has 90 valence electrons. The van der Waals surface area contributed by atoms with Gasteiger partial charge in [-0.1, -0.05) is 13.0 Å². The highest BCUT2D eigenvalue weighted by Gasteiger charge is 2.14. The first kappa shape index (κ1) is 12.8. The minimum absolute atomic E-state index is 0.0758. The average Bonchev–Trinajstić information content (AvgIpc) is 2.28. The van der Waals surface area contributed by atoms with Crippen molar-refractivity contribution in [3.05, 3.63) is 23.8 Å². The number of benzene rings is 1. The third kappa shape index (κ3) is 2.87. The second kappa shape index (κ2) is 5.72. The molecule has 1 aromatic carbocycles. The topological polar surface area (TPSA) is 69.7 Å². The maximum Gasteiger partial charge on any atom is 0.157 e. The van der Waals surface area contributed by atoms with E-state index in [-0.39, 0.29) is 17.5 Å². The zero-order chi connectivity index (χ0) is 12.1. The Morgan fingerprint density at radius 2 is 2.00 bits per heavy atom. The molecule has 0 aliphatic rings. The zero-order valence-corrected chi connectivity index (χ0v) is 9.85. The minimum atomic E-state index is -0.0853. The molecule has 0 aliphatic heterocycles. The van der Waals surface area contributed by atoms with Gasteiger partial charge in [0, 0.05) is 19.1 Å². The van der Waals surface area contributed by atoms with Crippen molar-refractivity contribution >= 4 is 0 Å². The van der Waals surface area contributed by atoms with E-state index in [1.807, 2.05) is 6.07 Å². The van der Waals surface area contributed by atoms with Crippen molar-refractivity contribution in [2.45, 2.75) is 19.9 Å². The van der Waals surface area contributed by atoms with Crippen LogP contribution in [0.25, 0.3) is 0 Å². The van der Waals surface area contributed by atoms with Crippen LogP contribution in [-0.4, -0.2) is 34.7 Å². The Balaban J connectivity index is 2.85. The van der Waals surface area contributed by atoms with Gasteiger partial charge in [0.1, 0.15) is 0 Å². The molecule has 0 aromatic heterocycles. The molecule has 1 rings (SSSR count). The molecule has 0 saturated heterocycles. The standard InChI is InChI=1S/C12H20N2O2/c1-3-14(7-6-13)9(2)10-4-5-11(15)12(16)8-10/h4-5,8-9,15-16H,3,6-7,13H2,1-2H3. The lowest BCUT2D eigenvalue weighted by molar-refractivity contribution is 0.228. The van der Waals surface area contributed by atoms with Gasteiger partial charge >= 0.3 is 0 Å². The molecule has 4 N–H and O–H groups in total. The summed E-state index contributed by atoms with van der Waals surface area (Å²) in [6.07, 6.45) is 0. The van der Waals surface area contributed by atoms with Gasteiger partial charge in [0.05, 0.1) is 0 Å². The normalized spacial score (nSPS) is 13.0. The first-order chi connectivity index (χ1) is 7.60. The van der Waals surface area contributed by atoms with E-state index in [4.69, 9.17) is 5.73 Å². The van der Waals surface area contributed by atoms with E-state index in [1.54, 1.807) is 6.07 Å². The molecule has 0 amide bonds. The molecule has 0 spiro atoms. The molecule has 4 nitrogen and oxygen atoms in total. The van der Waals surface area contributed by atoms with E-state index >= 15 is 0 Å². The van der Waals surface area contributed by atoms with Crippen molar-refractivity contribution in [3.63, 3.8) is 0 Å². The highest BCUT2D eigenvalue weighted by Crippen LogP contribution is 2.29. The number of phenols is 2. The monoisotopic (exact) mass is 224 g/mol. The smallest absolute Gasteiger partial charge is 0.157 e. The van der Waals surface area contributed by atoms with Crippen molar-refractivity contribution in [2.24, 2.45) is 5.73 Å². The van der Waals surface area contributed by atoms with Crippen LogP contribution >= 0.6 is 0 Å². The lowest BCUT2D eigenvalue weighted by Gasteiger charge is -2.27. The molecule has 0 heterocycles. The molecule has 4 heteroatoms. The summed E-state index contributed by atoms with van der Waals surface area (Å²) in [6, 6.07) is 5.11. The minimum Gasteiger partial charge on any atom is -0.504 e. The first-order valence-corrected chi connectivity index (χ1v) is 5.56. The van der Waals surface area contributed by atoms with Gasteiger partial charge in [0.25, 0.3) is 0 Å². The van der Waals surface area contributed by atoms with Gasteiger partial charge in [0.15, 0.2) is 11.5 Å². The molecule has 16 heavy (non-hydrogen) atoms. The predicted molar refractivity (Wildman–Crippen MR) is 64.5 cm³/mol. The van der Waals surface area contributed by atoms with E-state index < -0.39 is 0 Å². The van der Waals surface area contributed by atoms with Crippen LogP contribution in [0.3, 0.4) is 0 Å². The Morgan fingerprint density at radius 3 is 2.50 bits per heavy atom. The molecule has 0 saturated carbocycles. The predicted octanol–water partition coefficient (Wildman–Crippen LogP) is 1.44. The first-order valence-electron chi connectivity index (χ1n) is 5.56. The summed E-state index contributed by atoms with van der Waals surface area (Å²) in [5.74, 6) is -0.161. The van der Waals surface area contributed by atoms with Crippen LogP contribution in [-0.2, 0) is 0 Å². The zero-order valence-electron chi connectivity index (χ0n) is 9.85. The highest BCUT2D eigenvalue weighted by atomic mass is 16.3. The molecule has 1 atom stereocenters. The van der Waals surface area contributed by atoms with Gasteiger partial charge in [-0.2, -0.15) is 0 Å². The van der Waals surface area contributed by atoms with E-state index in [2.05, 4.69) is 18.7 Å². The molecule has 0 fully saturated rings. The van der Waals surface area contributed by atoms with Gasteiger partial charge in [-0.25, -0.2) is 0 Å². The van der Waals surface area contributed by atoms with E-state index in [0.29, 0.717) is 6.54 Å². The number of hydrogen-bond acceptors (Lipinski definition) is 4. The highest BCUT2D eigenvalue weighted by molar-refractivity contribution is 5.41. The third-order valence-corrected chi connectivity index (χ3v) is 2.85. The largest absolute Gasteiger partial charge is 0.504 e. The quantitative estimate of drug-likeness (QED) is 0.662. The average molecular weight is 224 g/mol. The van der Waals surface area contributed by atoms with Gasteiger partial charge in [-0.15, -0.1) is 0 Å². The Bertz CT molecular complexity index is 342. The summed E-state index contributed by atoms with van der Waals surface area (Å²) in [5, 5.41) is 18.7. The van der Waals surface area contributed by atoms with E-state index in [0.717, 1.165) is 18.7 Å². The summed E-state index contributed by atoms with van der Waals surface area (Å²) < 4.78 is 0. The van der Waals surface area contributed by atoms with Gasteiger partial charge in [0.2, 0.25) is 0 Å². The number of likely N-dealkylation sites (N-methyl/N-ethyl adjacent to an activating group) is 1. The number of rotatable bonds is 5. The second-order valence-corrected chi connectivity index (χ2v) is 3.84. The van der Waals surface area contributed by atoms with Crippen LogP contribution in [0, 0.1) is 0 Å². The summed E-state index contributed by atoms with van der Waals surface area (Å²) >= 11 is 0. The molecule has 0 radical (unpaired) electrons. The maximum atomic E-state index is 9.44. The van der Waals surface area contributed by atoms with Crippen LogP contribution in [0.5, 0.6) is 11.5 Å². The van der Waals surface area contributed by atoms with Crippen LogP contribution < -0.4 is 5.73 Å². The molecular weight excluding hydrogens is 204 g/mol. The Labute approximate surface area is 96.3 Å².